The van der Waals surface area contributed by atoms with Gasteiger partial charge in [0, 0.05) is 5.92 Å². The first-order valence-corrected chi connectivity index (χ1v) is 12.2. The van der Waals surface area contributed by atoms with E-state index in [1.54, 1.807) is 0 Å². The van der Waals surface area contributed by atoms with E-state index in [0.29, 0.717) is 11.5 Å². The van der Waals surface area contributed by atoms with Crippen molar-refractivity contribution in [2.45, 2.75) is 90.6 Å². The van der Waals surface area contributed by atoms with E-state index in [2.05, 4.69) is 37.8 Å². The zero-order chi connectivity index (χ0) is 21.2. The van der Waals surface area contributed by atoms with Crippen molar-refractivity contribution in [3.8, 4) is 11.8 Å². The highest BCUT2D eigenvalue weighted by Gasteiger charge is 2.23. The summed E-state index contributed by atoms with van der Waals surface area (Å²) in [5.74, 6) is 8.67. The summed E-state index contributed by atoms with van der Waals surface area (Å²) in [6.07, 6.45) is 17.5. The third-order valence-electron chi connectivity index (χ3n) is 6.87. The zero-order valence-corrected chi connectivity index (χ0v) is 18.9. The van der Waals surface area contributed by atoms with Crippen LogP contribution in [0.4, 0.5) is 0 Å². The number of hydrogen-bond acceptors (Lipinski definition) is 2. The number of ether oxygens (including phenoxy) is 1. The molecule has 2 aliphatic carbocycles. The van der Waals surface area contributed by atoms with Gasteiger partial charge in [-0.15, -0.1) is 0 Å². The lowest BCUT2D eigenvalue weighted by molar-refractivity contribution is 0.0188. The molecule has 2 heteroatoms. The molecule has 0 unspecified atom stereocenters. The predicted octanol–water partition coefficient (Wildman–Crippen LogP) is 7.13. The molecule has 0 aromatic heterocycles. The quantitative estimate of drug-likeness (QED) is 0.371. The van der Waals surface area contributed by atoms with Crippen molar-refractivity contribution in [3.63, 3.8) is 0 Å². The summed E-state index contributed by atoms with van der Waals surface area (Å²) in [4.78, 5) is 12.4. The molecule has 0 N–H and O–H groups in total. The van der Waals surface area contributed by atoms with E-state index in [4.69, 9.17) is 4.74 Å². The zero-order valence-electron chi connectivity index (χ0n) is 18.9. The average molecular weight is 407 g/mol. The van der Waals surface area contributed by atoms with Crippen LogP contribution in [-0.4, -0.2) is 12.1 Å². The van der Waals surface area contributed by atoms with E-state index in [9.17, 15) is 4.79 Å². The highest BCUT2D eigenvalue weighted by Crippen LogP contribution is 2.32. The Bertz CT molecular complexity index is 733. The predicted molar refractivity (Wildman–Crippen MR) is 124 cm³/mol. The van der Waals surface area contributed by atoms with Crippen LogP contribution in [0, 0.1) is 29.6 Å². The Kier molecular flexibility index (Phi) is 9.06. The van der Waals surface area contributed by atoms with Gasteiger partial charge >= 0.3 is 5.97 Å². The second-order valence-electron chi connectivity index (χ2n) is 9.15. The molecule has 0 saturated heterocycles. The van der Waals surface area contributed by atoms with Gasteiger partial charge in [0.2, 0.25) is 0 Å². The first-order chi connectivity index (χ1) is 14.7. The smallest absolute Gasteiger partial charge is 0.338 e. The van der Waals surface area contributed by atoms with E-state index < -0.39 is 0 Å². The number of carbonyl (C=O) groups excluding carboxylic acids is 1. The minimum atomic E-state index is -0.191. The van der Waals surface area contributed by atoms with Crippen LogP contribution < -0.4 is 0 Å². The minimum absolute atomic E-state index is 0.0373. The average Bonchev–Trinajstić information content (AvgIpc) is 2.79. The number of carbonyl (C=O) groups is 1. The molecule has 0 spiro atoms. The molecule has 0 aliphatic heterocycles. The molecule has 1 aromatic carbocycles. The maximum Gasteiger partial charge on any atom is 0.338 e. The Hall–Kier alpha value is -2.01. The Morgan fingerprint density at radius 1 is 1.00 bits per heavy atom. The van der Waals surface area contributed by atoms with Gasteiger partial charge in [-0.05, 0) is 93.4 Å². The molecule has 2 nitrogen and oxygen atoms in total. The van der Waals surface area contributed by atoms with Crippen molar-refractivity contribution in [1.29, 1.82) is 0 Å². The molecule has 0 heterocycles. The molecule has 0 atom stereocenters. The van der Waals surface area contributed by atoms with E-state index in [1.165, 1.54) is 44.1 Å². The Morgan fingerprint density at radius 2 is 1.70 bits per heavy atom. The number of rotatable bonds is 6. The summed E-state index contributed by atoms with van der Waals surface area (Å²) < 4.78 is 5.73. The lowest BCUT2D eigenvalue weighted by atomic mass is 9.80. The lowest BCUT2D eigenvalue weighted by Crippen LogP contribution is -2.24. The van der Waals surface area contributed by atoms with Gasteiger partial charge in [0.1, 0.15) is 6.10 Å². The van der Waals surface area contributed by atoms with Crippen LogP contribution in [0.5, 0.6) is 0 Å². The van der Waals surface area contributed by atoms with E-state index in [1.807, 2.05) is 24.3 Å². The highest BCUT2D eigenvalue weighted by atomic mass is 16.5. The normalized spacial score (nSPS) is 26.7. The van der Waals surface area contributed by atoms with E-state index in [0.717, 1.165) is 43.9 Å². The molecule has 2 fully saturated rings. The Balaban J connectivity index is 1.36. The maximum atomic E-state index is 12.4. The second-order valence-corrected chi connectivity index (χ2v) is 9.15. The second kappa shape index (κ2) is 12.0. The fourth-order valence-corrected chi connectivity index (χ4v) is 4.85. The van der Waals surface area contributed by atoms with Crippen molar-refractivity contribution in [2.24, 2.45) is 17.8 Å². The molecule has 1 aromatic rings. The third kappa shape index (κ3) is 7.05. The van der Waals surface area contributed by atoms with Crippen molar-refractivity contribution in [2.75, 3.05) is 0 Å². The van der Waals surface area contributed by atoms with Gasteiger partial charge in [0.25, 0.3) is 0 Å². The number of benzene rings is 1. The topological polar surface area (TPSA) is 26.3 Å². The largest absolute Gasteiger partial charge is 0.459 e. The van der Waals surface area contributed by atoms with Gasteiger partial charge < -0.3 is 4.74 Å². The van der Waals surface area contributed by atoms with Gasteiger partial charge in [-0.2, -0.15) is 0 Å². The van der Waals surface area contributed by atoms with Crippen LogP contribution in [-0.2, 0) is 11.2 Å². The van der Waals surface area contributed by atoms with Gasteiger partial charge in [0.15, 0.2) is 0 Å². The maximum absolute atomic E-state index is 12.4. The fraction of sp³-hybridized carbons (Fsp3) is 0.607. The van der Waals surface area contributed by atoms with Crippen LogP contribution in [0.15, 0.2) is 36.4 Å². The molecule has 162 valence electrons. The van der Waals surface area contributed by atoms with Crippen LogP contribution in [0.1, 0.15) is 94.0 Å². The summed E-state index contributed by atoms with van der Waals surface area (Å²) in [6.45, 7) is 4.41. The summed E-state index contributed by atoms with van der Waals surface area (Å²) in [5, 5.41) is 0. The molecule has 0 amide bonds. The first kappa shape index (κ1) is 22.7. The molecule has 30 heavy (non-hydrogen) atoms. The van der Waals surface area contributed by atoms with Crippen LogP contribution in [0.25, 0.3) is 0 Å². The summed E-state index contributed by atoms with van der Waals surface area (Å²) in [5.41, 5.74) is 1.90. The monoisotopic (exact) mass is 406 g/mol. The molecule has 0 radical (unpaired) electrons. The van der Waals surface area contributed by atoms with Crippen LogP contribution in [0.3, 0.4) is 0 Å². The van der Waals surface area contributed by atoms with E-state index >= 15 is 0 Å². The van der Waals surface area contributed by atoms with Gasteiger partial charge in [-0.3, -0.25) is 0 Å². The third-order valence-corrected chi connectivity index (χ3v) is 6.87. The summed E-state index contributed by atoms with van der Waals surface area (Å²) in [6, 6.07) is 7.77. The number of esters is 1. The highest BCUT2D eigenvalue weighted by molar-refractivity contribution is 5.89. The molecule has 2 aliphatic rings. The molecule has 3 rings (SSSR count). The number of aryl methyl sites for hydroxylation is 1. The van der Waals surface area contributed by atoms with Crippen LogP contribution >= 0.6 is 0 Å². The Morgan fingerprint density at radius 3 is 2.33 bits per heavy atom. The van der Waals surface area contributed by atoms with E-state index in [-0.39, 0.29) is 12.1 Å². The molecule has 2 saturated carbocycles. The standard InChI is InChI=1S/C28H38O2/c1-3-7-23-10-12-24(13-11-23)8-5-6-9-25-16-20-27(21-17-25)30-28(29)26-18-14-22(4-2)15-19-26/h5,8,14-15,18-19,23-25,27H,3-4,7,10-13,16-17,20-21H2,1-2H3/b8-5+/t23-,24-,25-,27-. The van der Waals surface area contributed by atoms with Gasteiger partial charge in [-0.1, -0.05) is 56.7 Å². The molecular weight excluding hydrogens is 368 g/mol. The minimum Gasteiger partial charge on any atom is -0.459 e. The van der Waals surface area contributed by atoms with Gasteiger partial charge in [-0.25, -0.2) is 4.79 Å². The Labute approximate surface area is 183 Å². The number of hydrogen-bond donors (Lipinski definition) is 0. The summed E-state index contributed by atoms with van der Waals surface area (Å²) in [7, 11) is 0. The van der Waals surface area contributed by atoms with Crippen LogP contribution in [0.2, 0.25) is 0 Å². The fourth-order valence-electron chi connectivity index (χ4n) is 4.85. The lowest BCUT2D eigenvalue weighted by Gasteiger charge is -2.26. The summed E-state index contributed by atoms with van der Waals surface area (Å²) >= 11 is 0. The SMILES string of the molecule is CCC[C@H]1CC[C@H](/C=C/C#C[C@H]2CC[C@H](OC(=O)c3ccc(CC)cc3)CC2)CC1. The number of allylic oxidation sites excluding steroid dienone is 2. The molecule has 0 bridgehead atoms. The van der Waals surface area contributed by atoms with Gasteiger partial charge in [0.05, 0.1) is 5.56 Å². The molecular formula is C28H38O2. The van der Waals surface area contributed by atoms with Crippen molar-refractivity contribution in [3.05, 3.63) is 47.5 Å². The van der Waals surface area contributed by atoms with Crippen molar-refractivity contribution in [1.82, 2.24) is 0 Å². The first-order valence-electron chi connectivity index (χ1n) is 12.2. The van der Waals surface area contributed by atoms with Crippen molar-refractivity contribution < 1.29 is 9.53 Å². The van der Waals surface area contributed by atoms with Crippen molar-refractivity contribution >= 4 is 5.97 Å².